The van der Waals surface area contributed by atoms with E-state index in [0.717, 1.165) is 16.9 Å². The van der Waals surface area contributed by atoms with Gasteiger partial charge in [-0.05, 0) is 30.5 Å². The standard InChI is InChI=1S/C17H14N2OS/c1-21-16-9-7-13(8-10-16)17-11-15(20)12-18-19(17)14-5-3-2-4-6-14/h2-12H,1H3. The van der Waals surface area contributed by atoms with Gasteiger partial charge in [-0.2, -0.15) is 5.10 Å². The molecular formula is C17H14N2OS. The second-order valence-electron chi connectivity index (χ2n) is 4.55. The summed E-state index contributed by atoms with van der Waals surface area (Å²) in [6.45, 7) is 0. The van der Waals surface area contributed by atoms with E-state index in [1.54, 1.807) is 22.5 Å². The number of aromatic nitrogens is 2. The molecule has 3 aromatic rings. The van der Waals surface area contributed by atoms with Crippen LogP contribution < -0.4 is 5.43 Å². The van der Waals surface area contributed by atoms with Crippen LogP contribution in [0.5, 0.6) is 0 Å². The smallest absolute Gasteiger partial charge is 0.200 e. The van der Waals surface area contributed by atoms with Gasteiger partial charge in [-0.15, -0.1) is 11.8 Å². The molecule has 0 amide bonds. The molecule has 0 aliphatic rings. The van der Waals surface area contributed by atoms with Crippen molar-refractivity contribution in [1.29, 1.82) is 0 Å². The number of para-hydroxylation sites is 1. The Morgan fingerprint density at radius 1 is 1.00 bits per heavy atom. The molecule has 0 atom stereocenters. The van der Waals surface area contributed by atoms with Crippen LogP contribution in [-0.4, -0.2) is 16.0 Å². The van der Waals surface area contributed by atoms with E-state index in [-0.39, 0.29) is 5.43 Å². The highest BCUT2D eigenvalue weighted by Gasteiger charge is 2.07. The van der Waals surface area contributed by atoms with Crippen molar-refractivity contribution < 1.29 is 0 Å². The van der Waals surface area contributed by atoms with Crippen LogP contribution in [0.1, 0.15) is 0 Å². The van der Waals surface area contributed by atoms with E-state index in [9.17, 15) is 4.79 Å². The zero-order chi connectivity index (χ0) is 14.7. The third-order valence-corrected chi connectivity index (χ3v) is 3.94. The van der Waals surface area contributed by atoms with Gasteiger partial charge in [0.25, 0.3) is 0 Å². The van der Waals surface area contributed by atoms with Crippen molar-refractivity contribution in [3.8, 4) is 16.9 Å². The van der Waals surface area contributed by atoms with Crippen LogP contribution in [0.3, 0.4) is 0 Å². The molecule has 21 heavy (non-hydrogen) atoms. The summed E-state index contributed by atoms with van der Waals surface area (Å²) >= 11 is 1.69. The summed E-state index contributed by atoms with van der Waals surface area (Å²) in [5.41, 5.74) is 2.61. The maximum Gasteiger partial charge on any atom is 0.200 e. The number of benzene rings is 2. The van der Waals surface area contributed by atoms with Crippen LogP contribution in [0.2, 0.25) is 0 Å². The summed E-state index contributed by atoms with van der Waals surface area (Å²) in [5.74, 6) is 0. The lowest BCUT2D eigenvalue weighted by Gasteiger charge is -2.12. The average Bonchev–Trinajstić information content (AvgIpc) is 2.56. The Balaban J connectivity index is 2.16. The average molecular weight is 294 g/mol. The van der Waals surface area contributed by atoms with Gasteiger partial charge >= 0.3 is 0 Å². The number of thioether (sulfide) groups is 1. The summed E-state index contributed by atoms with van der Waals surface area (Å²) in [4.78, 5) is 12.9. The molecule has 0 spiro atoms. The monoisotopic (exact) mass is 294 g/mol. The third-order valence-electron chi connectivity index (χ3n) is 3.19. The molecule has 1 aromatic heterocycles. The third kappa shape index (κ3) is 2.90. The Morgan fingerprint density at radius 3 is 2.38 bits per heavy atom. The van der Waals surface area contributed by atoms with Crippen LogP contribution in [0.15, 0.2) is 76.6 Å². The van der Waals surface area contributed by atoms with Crippen LogP contribution in [0.25, 0.3) is 16.9 Å². The molecule has 0 radical (unpaired) electrons. The summed E-state index contributed by atoms with van der Waals surface area (Å²) in [6.07, 6.45) is 3.38. The highest BCUT2D eigenvalue weighted by Crippen LogP contribution is 2.23. The highest BCUT2D eigenvalue weighted by atomic mass is 32.2. The van der Waals surface area contributed by atoms with E-state index in [4.69, 9.17) is 0 Å². The van der Waals surface area contributed by atoms with Gasteiger partial charge in [0.2, 0.25) is 5.43 Å². The van der Waals surface area contributed by atoms with Gasteiger partial charge in [0.05, 0.1) is 17.6 Å². The Labute approximate surface area is 127 Å². The molecule has 1 heterocycles. The summed E-state index contributed by atoms with van der Waals surface area (Å²) < 4.78 is 1.79. The lowest BCUT2D eigenvalue weighted by Crippen LogP contribution is -2.11. The molecule has 0 fully saturated rings. The zero-order valence-corrected chi connectivity index (χ0v) is 12.4. The Morgan fingerprint density at radius 2 is 1.71 bits per heavy atom. The van der Waals surface area contributed by atoms with E-state index in [1.165, 1.54) is 11.1 Å². The van der Waals surface area contributed by atoms with Gasteiger partial charge in [0.15, 0.2) is 0 Å². The number of nitrogens with zero attached hydrogens (tertiary/aromatic N) is 2. The Bertz CT molecular complexity index is 795. The van der Waals surface area contributed by atoms with E-state index >= 15 is 0 Å². The second-order valence-corrected chi connectivity index (χ2v) is 5.43. The molecule has 104 valence electrons. The minimum atomic E-state index is -0.0916. The van der Waals surface area contributed by atoms with Crippen molar-refractivity contribution in [3.05, 3.63) is 77.1 Å². The number of hydrogen-bond donors (Lipinski definition) is 0. The molecule has 2 aromatic carbocycles. The maximum absolute atomic E-state index is 11.7. The van der Waals surface area contributed by atoms with Gasteiger partial charge in [-0.3, -0.25) is 4.79 Å². The summed E-state index contributed by atoms with van der Waals surface area (Å²) in [6, 6.07) is 19.6. The van der Waals surface area contributed by atoms with Crippen molar-refractivity contribution in [2.75, 3.05) is 6.26 Å². The van der Waals surface area contributed by atoms with Gasteiger partial charge < -0.3 is 0 Å². The first-order chi connectivity index (χ1) is 10.3. The van der Waals surface area contributed by atoms with E-state index < -0.39 is 0 Å². The highest BCUT2D eigenvalue weighted by molar-refractivity contribution is 7.98. The lowest BCUT2D eigenvalue weighted by atomic mass is 10.1. The molecule has 3 nitrogen and oxygen atoms in total. The van der Waals surface area contributed by atoms with Crippen LogP contribution in [0, 0.1) is 0 Å². The Hall–Kier alpha value is -2.33. The lowest BCUT2D eigenvalue weighted by molar-refractivity contribution is 0.845. The number of rotatable bonds is 3. The second kappa shape index (κ2) is 5.97. The van der Waals surface area contributed by atoms with Gasteiger partial charge in [-0.25, -0.2) is 4.68 Å². The maximum atomic E-state index is 11.7. The van der Waals surface area contributed by atoms with Crippen LogP contribution >= 0.6 is 11.8 Å². The first kappa shape index (κ1) is 13.6. The fourth-order valence-corrected chi connectivity index (χ4v) is 2.56. The molecule has 0 saturated carbocycles. The predicted molar refractivity (Wildman–Crippen MR) is 87.1 cm³/mol. The van der Waals surface area contributed by atoms with E-state index in [0.29, 0.717) is 0 Å². The Kier molecular flexibility index (Phi) is 3.88. The largest absolute Gasteiger partial charge is 0.288 e. The molecule has 4 heteroatoms. The van der Waals surface area contributed by atoms with Crippen molar-refractivity contribution in [1.82, 2.24) is 9.78 Å². The predicted octanol–water partition coefficient (Wildman–Crippen LogP) is 3.62. The first-order valence-corrected chi connectivity index (χ1v) is 7.79. The van der Waals surface area contributed by atoms with Crippen molar-refractivity contribution in [2.45, 2.75) is 4.90 Å². The summed E-state index contributed by atoms with van der Waals surface area (Å²) in [5, 5.41) is 4.27. The SMILES string of the molecule is CSc1ccc(-c2cc(=O)cnn2-c2ccccc2)cc1. The molecular weight excluding hydrogens is 280 g/mol. The van der Waals surface area contributed by atoms with E-state index in [1.807, 2.05) is 60.9 Å². The number of hydrogen-bond acceptors (Lipinski definition) is 3. The van der Waals surface area contributed by atoms with Gasteiger partial charge in [0, 0.05) is 16.5 Å². The molecule has 0 aliphatic heterocycles. The molecule has 0 aliphatic carbocycles. The zero-order valence-electron chi connectivity index (χ0n) is 11.6. The van der Waals surface area contributed by atoms with Crippen molar-refractivity contribution in [3.63, 3.8) is 0 Å². The summed E-state index contributed by atoms with van der Waals surface area (Å²) in [7, 11) is 0. The molecule has 0 N–H and O–H groups in total. The molecule has 3 rings (SSSR count). The minimum absolute atomic E-state index is 0.0916. The van der Waals surface area contributed by atoms with Crippen LogP contribution in [-0.2, 0) is 0 Å². The topological polar surface area (TPSA) is 34.9 Å². The van der Waals surface area contributed by atoms with Crippen molar-refractivity contribution >= 4 is 11.8 Å². The van der Waals surface area contributed by atoms with Gasteiger partial charge in [0.1, 0.15) is 0 Å². The quantitative estimate of drug-likeness (QED) is 0.692. The fourth-order valence-electron chi connectivity index (χ4n) is 2.15. The van der Waals surface area contributed by atoms with Crippen molar-refractivity contribution in [2.24, 2.45) is 0 Å². The van der Waals surface area contributed by atoms with Crippen LogP contribution in [0.4, 0.5) is 0 Å². The van der Waals surface area contributed by atoms with E-state index in [2.05, 4.69) is 5.10 Å². The fraction of sp³-hybridized carbons (Fsp3) is 0.0588. The first-order valence-electron chi connectivity index (χ1n) is 6.57. The molecule has 0 saturated heterocycles. The molecule has 0 unspecified atom stereocenters. The van der Waals surface area contributed by atoms with Gasteiger partial charge in [-0.1, -0.05) is 30.3 Å². The molecule has 0 bridgehead atoms. The normalized spacial score (nSPS) is 10.5. The minimum Gasteiger partial charge on any atom is -0.288 e.